The van der Waals surface area contributed by atoms with E-state index in [0.717, 1.165) is 7.11 Å². The van der Waals surface area contributed by atoms with Crippen molar-refractivity contribution in [3.8, 4) is 0 Å². The van der Waals surface area contributed by atoms with Gasteiger partial charge >= 0.3 is 12.1 Å². The van der Waals surface area contributed by atoms with E-state index in [2.05, 4.69) is 14.7 Å². The highest BCUT2D eigenvalue weighted by atomic mass is 19.4. The topological polar surface area (TPSA) is 55.0 Å². The molecule has 90 valence electrons. The molecular weight excluding hydrogens is 237 g/mol. The Labute approximate surface area is 93.4 Å². The number of carbonyl (C=O) groups is 1. The number of nitrogens with one attached hydrogen (secondary N) is 1. The summed E-state index contributed by atoms with van der Waals surface area (Å²) in [6, 6.07) is 2.15. The quantitative estimate of drug-likeness (QED) is 0.783. The first-order valence-corrected chi connectivity index (χ1v) is 4.57. The lowest BCUT2D eigenvalue weighted by Gasteiger charge is -2.08. The van der Waals surface area contributed by atoms with E-state index in [1.165, 1.54) is 12.3 Å². The zero-order valence-corrected chi connectivity index (χ0v) is 8.63. The van der Waals surface area contributed by atoms with E-state index in [9.17, 15) is 18.0 Å². The Morgan fingerprint density at radius 1 is 1.47 bits per heavy atom. The molecule has 0 atom stereocenters. The lowest BCUT2D eigenvalue weighted by molar-refractivity contribution is -0.141. The maximum absolute atomic E-state index is 12.5. The Bertz CT molecular complexity index is 574. The Balaban J connectivity index is 2.71. The minimum absolute atomic E-state index is 0.000208. The molecule has 0 aromatic carbocycles. The van der Waals surface area contributed by atoms with Gasteiger partial charge < -0.3 is 9.72 Å². The van der Waals surface area contributed by atoms with Gasteiger partial charge in [-0.1, -0.05) is 0 Å². The molecule has 0 bridgehead atoms. The van der Waals surface area contributed by atoms with E-state index in [1.807, 2.05) is 0 Å². The number of hydrogen-bond donors (Lipinski definition) is 1. The van der Waals surface area contributed by atoms with Crippen molar-refractivity contribution >= 4 is 17.0 Å². The molecular formula is C10H7F3N2O2. The summed E-state index contributed by atoms with van der Waals surface area (Å²) in [7, 11) is 1.11. The van der Waals surface area contributed by atoms with Crippen LogP contribution < -0.4 is 0 Å². The average molecular weight is 244 g/mol. The number of aromatic amines is 1. The summed E-state index contributed by atoms with van der Waals surface area (Å²) < 4.78 is 42.1. The number of nitrogens with zero attached hydrogens (tertiary/aromatic N) is 1. The molecule has 17 heavy (non-hydrogen) atoms. The second kappa shape index (κ2) is 3.76. The SMILES string of the molecule is COC(=O)c1cc(C(F)(F)F)nc2[nH]ccc12. The zero-order valence-electron chi connectivity index (χ0n) is 8.63. The third kappa shape index (κ3) is 1.95. The number of H-pyrrole nitrogens is 1. The fourth-order valence-corrected chi connectivity index (χ4v) is 1.46. The standard InChI is InChI=1S/C10H7F3N2O2/c1-17-9(16)6-4-7(10(11,12)13)15-8-5(6)2-3-14-8/h2-4H,1H3,(H,14,15). The number of fused-ring (bicyclic) bond motifs is 1. The van der Waals surface area contributed by atoms with Crippen molar-refractivity contribution < 1.29 is 22.7 Å². The van der Waals surface area contributed by atoms with Crippen LogP contribution in [0.2, 0.25) is 0 Å². The van der Waals surface area contributed by atoms with Gasteiger partial charge in [-0.25, -0.2) is 9.78 Å². The second-order valence-corrected chi connectivity index (χ2v) is 3.28. The molecule has 0 fully saturated rings. The minimum Gasteiger partial charge on any atom is -0.465 e. The molecule has 0 unspecified atom stereocenters. The van der Waals surface area contributed by atoms with Gasteiger partial charge in [0, 0.05) is 11.6 Å². The van der Waals surface area contributed by atoms with Gasteiger partial charge in [-0.2, -0.15) is 13.2 Å². The van der Waals surface area contributed by atoms with Crippen molar-refractivity contribution in [1.29, 1.82) is 0 Å². The first-order valence-electron chi connectivity index (χ1n) is 4.57. The third-order valence-electron chi connectivity index (χ3n) is 2.22. The van der Waals surface area contributed by atoms with Crippen molar-refractivity contribution in [3.63, 3.8) is 0 Å². The first kappa shape index (κ1) is 11.4. The predicted octanol–water partition coefficient (Wildman–Crippen LogP) is 2.37. The number of methoxy groups -OCH3 is 1. The number of ether oxygens (including phenoxy) is 1. The molecule has 2 aromatic rings. The average Bonchev–Trinajstić information content (AvgIpc) is 2.73. The van der Waals surface area contributed by atoms with Crippen LogP contribution >= 0.6 is 0 Å². The lowest BCUT2D eigenvalue weighted by atomic mass is 10.1. The predicted molar refractivity (Wildman–Crippen MR) is 52.4 cm³/mol. The molecule has 7 heteroatoms. The molecule has 0 saturated carbocycles. The highest BCUT2D eigenvalue weighted by molar-refractivity contribution is 6.02. The van der Waals surface area contributed by atoms with E-state index >= 15 is 0 Å². The van der Waals surface area contributed by atoms with Gasteiger partial charge in [0.15, 0.2) is 0 Å². The number of alkyl halides is 3. The van der Waals surface area contributed by atoms with Gasteiger partial charge in [0.25, 0.3) is 0 Å². The molecule has 1 N–H and O–H groups in total. The van der Waals surface area contributed by atoms with Crippen LogP contribution in [0.5, 0.6) is 0 Å². The van der Waals surface area contributed by atoms with Gasteiger partial charge in [0.05, 0.1) is 12.7 Å². The third-order valence-corrected chi connectivity index (χ3v) is 2.22. The molecule has 0 amide bonds. The largest absolute Gasteiger partial charge is 0.465 e. The molecule has 2 heterocycles. The molecule has 2 aromatic heterocycles. The van der Waals surface area contributed by atoms with E-state index in [-0.39, 0.29) is 11.2 Å². The van der Waals surface area contributed by atoms with E-state index in [4.69, 9.17) is 0 Å². The Kier molecular flexibility index (Phi) is 2.53. The summed E-state index contributed by atoms with van der Waals surface area (Å²) in [6.45, 7) is 0. The van der Waals surface area contributed by atoms with Crippen LogP contribution in [0, 0.1) is 0 Å². The lowest BCUT2D eigenvalue weighted by Crippen LogP contribution is -2.11. The molecule has 4 nitrogen and oxygen atoms in total. The van der Waals surface area contributed by atoms with Crippen LogP contribution in [-0.2, 0) is 10.9 Å². The zero-order chi connectivity index (χ0) is 12.6. The van der Waals surface area contributed by atoms with Gasteiger partial charge in [-0.05, 0) is 12.1 Å². The van der Waals surface area contributed by atoms with Crippen LogP contribution in [0.3, 0.4) is 0 Å². The monoisotopic (exact) mass is 244 g/mol. The van der Waals surface area contributed by atoms with Crippen molar-refractivity contribution in [2.45, 2.75) is 6.18 Å². The maximum Gasteiger partial charge on any atom is 0.433 e. The number of pyridine rings is 1. The summed E-state index contributed by atoms with van der Waals surface area (Å²) in [5.74, 6) is -0.831. The molecule has 0 aliphatic heterocycles. The number of rotatable bonds is 1. The van der Waals surface area contributed by atoms with Gasteiger partial charge in [-0.15, -0.1) is 0 Å². The van der Waals surface area contributed by atoms with E-state index in [1.54, 1.807) is 0 Å². The highest BCUT2D eigenvalue weighted by Gasteiger charge is 2.34. The van der Waals surface area contributed by atoms with Crippen LogP contribution in [0.15, 0.2) is 18.3 Å². The molecule has 2 rings (SSSR count). The molecule has 0 aliphatic carbocycles. The molecule has 0 radical (unpaired) electrons. The summed E-state index contributed by atoms with van der Waals surface area (Å²) in [5.41, 5.74) is -1.29. The first-order chi connectivity index (χ1) is 7.93. The maximum atomic E-state index is 12.5. The van der Waals surface area contributed by atoms with Gasteiger partial charge in [0.1, 0.15) is 11.3 Å². The Morgan fingerprint density at radius 2 is 2.18 bits per heavy atom. The summed E-state index contributed by atoms with van der Waals surface area (Å²) in [5, 5.41) is 0.296. The Hall–Kier alpha value is -2.05. The van der Waals surface area contributed by atoms with Crippen molar-refractivity contribution in [1.82, 2.24) is 9.97 Å². The fourth-order valence-electron chi connectivity index (χ4n) is 1.46. The highest BCUT2D eigenvalue weighted by Crippen LogP contribution is 2.30. The van der Waals surface area contributed by atoms with Crippen LogP contribution in [0.4, 0.5) is 13.2 Å². The second-order valence-electron chi connectivity index (χ2n) is 3.28. The summed E-state index contributed by atoms with van der Waals surface area (Å²) in [6.07, 6.45) is -3.20. The van der Waals surface area contributed by atoms with Crippen molar-refractivity contribution in [3.05, 3.63) is 29.6 Å². The molecule has 0 aliphatic rings. The van der Waals surface area contributed by atoms with Crippen LogP contribution in [-0.4, -0.2) is 23.0 Å². The van der Waals surface area contributed by atoms with Crippen LogP contribution in [0.25, 0.3) is 11.0 Å². The van der Waals surface area contributed by atoms with Gasteiger partial charge in [-0.3, -0.25) is 0 Å². The van der Waals surface area contributed by atoms with E-state index < -0.39 is 17.8 Å². The van der Waals surface area contributed by atoms with Crippen molar-refractivity contribution in [2.24, 2.45) is 0 Å². The summed E-state index contributed by atoms with van der Waals surface area (Å²) in [4.78, 5) is 17.3. The smallest absolute Gasteiger partial charge is 0.433 e. The summed E-state index contributed by atoms with van der Waals surface area (Å²) >= 11 is 0. The fraction of sp³-hybridized carbons (Fsp3) is 0.200. The Morgan fingerprint density at radius 3 is 2.76 bits per heavy atom. The normalized spacial score (nSPS) is 11.8. The number of carbonyl (C=O) groups excluding carboxylic acids is 1. The number of halogens is 3. The number of aromatic nitrogens is 2. The van der Waals surface area contributed by atoms with Gasteiger partial charge in [0.2, 0.25) is 0 Å². The number of hydrogen-bond acceptors (Lipinski definition) is 3. The minimum atomic E-state index is -4.61. The van der Waals surface area contributed by atoms with Crippen molar-refractivity contribution in [2.75, 3.05) is 7.11 Å². The number of esters is 1. The molecule has 0 saturated heterocycles. The van der Waals surface area contributed by atoms with Crippen LogP contribution in [0.1, 0.15) is 16.1 Å². The molecule has 0 spiro atoms. The van der Waals surface area contributed by atoms with E-state index in [0.29, 0.717) is 11.5 Å².